The van der Waals surface area contributed by atoms with E-state index < -0.39 is 17.5 Å². The Bertz CT molecular complexity index is 1000. The fourth-order valence-corrected chi connectivity index (χ4v) is 2.58. The summed E-state index contributed by atoms with van der Waals surface area (Å²) in [6.45, 7) is 2.50. The third-order valence-corrected chi connectivity index (χ3v) is 3.97. The lowest BCUT2D eigenvalue weighted by Gasteiger charge is -2.08. The SMILES string of the molecule is CCCCNC(=O)c1c(NC(=O)c2ccc(F)c(F)c2)nc2ccccn12. The molecule has 140 valence electrons. The summed E-state index contributed by atoms with van der Waals surface area (Å²) in [4.78, 5) is 29.3. The van der Waals surface area contributed by atoms with E-state index in [0.717, 1.165) is 31.0 Å². The molecule has 6 nitrogen and oxygen atoms in total. The summed E-state index contributed by atoms with van der Waals surface area (Å²) in [6, 6.07) is 7.99. The second-order valence-corrected chi connectivity index (χ2v) is 5.93. The van der Waals surface area contributed by atoms with Crippen LogP contribution in [0.4, 0.5) is 14.6 Å². The Morgan fingerprint density at radius 2 is 1.93 bits per heavy atom. The maximum atomic E-state index is 13.4. The normalized spacial score (nSPS) is 10.8. The lowest BCUT2D eigenvalue weighted by Crippen LogP contribution is -2.27. The quantitative estimate of drug-likeness (QED) is 0.651. The molecule has 2 heterocycles. The van der Waals surface area contributed by atoms with Gasteiger partial charge < -0.3 is 10.6 Å². The Hall–Kier alpha value is -3.29. The van der Waals surface area contributed by atoms with E-state index in [0.29, 0.717) is 12.2 Å². The number of carbonyl (C=O) groups excluding carboxylic acids is 2. The van der Waals surface area contributed by atoms with E-state index in [1.165, 1.54) is 0 Å². The largest absolute Gasteiger partial charge is 0.351 e. The molecule has 0 unspecified atom stereocenters. The summed E-state index contributed by atoms with van der Waals surface area (Å²) in [6.07, 6.45) is 3.40. The van der Waals surface area contributed by atoms with Crippen molar-refractivity contribution >= 4 is 23.3 Å². The van der Waals surface area contributed by atoms with Gasteiger partial charge in [0, 0.05) is 18.3 Å². The Morgan fingerprint density at radius 3 is 2.67 bits per heavy atom. The van der Waals surface area contributed by atoms with Crippen molar-refractivity contribution in [2.75, 3.05) is 11.9 Å². The number of halogens is 2. The standard InChI is InChI=1S/C19H18F2N4O2/c1-2-3-9-22-19(27)16-17(23-15-6-4-5-10-25(15)16)24-18(26)12-7-8-13(20)14(21)11-12/h4-8,10-11H,2-3,9H2,1H3,(H,22,27)(H,24,26). The lowest BCUT2D eigenvalue weighted by molar-refractivity contribution is 0.0948. The van der Waals surface area contributed by atoms with Crippen LogP contribution in [0, 0.1) is 11.6 Å². The number of anilines is 1. The molecule has 3 rings (SSSR count). The first-order valence-electron chi connectivity index (χ1n) is 8.53. The van der Waals surface area contributed by atoms with Gasteiger partial charge in [0.15, 0.2) is 23.1 Å². The van der Waals surface area contributed by atoms with Gasteiger partial charge in [-0.15, -0.1) is 0 Å². The summed E-state index contributed by atoms with van der Waals surface area (Å²) < 4.78 is 28.0. The number of amides is 2. The average Bonchev–Trinajstić information content (AvgIpc) is 3.01. The number of hydrogen-bond donors (Lipinski definition) is 2. The first-order valence-corrected chi connectivity index (χ1v) is 8.53. The van der Waals surface area contributed by atoms with Crippen LogP contribution in [0.1, 0.15) is 40.6 Å². The summed E-state index contributed by atoms with van der Waals surface area (Å²) in [5.41, 5.74) is 0.555. The van der Waals surface area contributed by atoms with Crippen LogP contribution in [0.15, 0.2) is 42.6 Å². The third kappa shape index (κ3) is 3.94. The molecule has 0 aliphatic heterocycles. The van der Waals surface area contributed by atoms with Gasteiger partial charge in [-0.2, -0.15) is 0 Å². The van der Waals surface area contributed by atoms with E-state index in [-0.39, 0.29) is 23.0 Å². The lowest BCUT2D eigenvalue weighted by atomic mass is 10.2. The second kappa shape index (κ2) is 7.94. The first-order chi connectivity index (χ1) is 13.0. The summed E-state index contributed by atoms with van der Waals surface area (Å²) in [5.74, 6) is -3.21. The van der Waals surface area contributed by atoms with Crippen LogP contribution < -0.4 is 10.6 Å². The Balaban J connectivity index is 1.93. The minimum absolute atomic E-state index is 0.0462. The van der Waals surface area contributed by atoms with E-state index in [1.54, 1.807) is 28.8 Å². The fraction of sp³-hybridized carbons (Fsp3) is 0.211. The van der Waals surface area contributed by atoms with Crippen molar-refractivity contribution < 1.29 is 18.4 Å². The zero-order valence-corrected chi connectivity index (χ0v) is 14.6. The number of carbonyl (C=O) groups is 2. The van der Waals surface area contributed by atoms with Gasteiger partial charge in [-0.3, -0.25) is 14.0 Å². The highest BCUT2D eigenvalue weighted by atomic mass is 19.2. The van der Waals surface area contributed by atoms with Crippen molar-refractivity contribution in [3.63, 3.8) is 0 Å². The smallest absolute Gasteiger partial charge is 0.272 e. The average molecular weight is 372 g/mol. The molecule has 3 aromatic rings. The predicted octanol–water partition coefficient (Wildman–Crippen LogP) is 3.39. The monoisotopic (exact) mass is 372 g/mol. The third-order valence-electron chi connectivity index (χ3n) is 3.97. The van der Waals surface area contributed by atoms with Gasteiger partial charge in [0.05, 0.1) is 0 Å². The van der Waals surface area contributed by atoms with Gasteiger partial charge in [0.2, 0.25) is 0 Å². The number of fused-ring (bicyclic) bond motifs is 1. The van der Waals surface area contributed by atoms with Crippen LogP contribution in [-0.4, -0.2) is 27.7 Å². The molecular weight excluding hydrogens is 354 g/mol. The van der Waals surface area contributed by atoms with E-state index in [2.05, 4.69) is 15.6 Å². The molecule has 0 atom stereocenters. The molecule has 2 aromatic heterocycles. The molecule has 27 heavy (non-hydrogen) atoms. The number of benzene rings is 1. The van der Waals surface area contributed by atoms with Gasteiger partial charge in [-0.25, -0.2) is 13.8 Å². The number of hydrogen-bond acceptors (Lipinski definition) is 3. The molecule has 0 saturated heterocycles. The summed E-state index contributed by atoms with van der Waals surface area (Å²) >= 11 is 0. The van der Waals surface area contributed by atoms with Crippen molar-refractivity contribution in [3.05, 3.63) is 65.5 Å². The molecule has 0 radical (unpaired) electrons. The van der Waals surface area contributed by atoms with Crippen LogP contribution in [0.5, 0.6) is 0 Å². The van der Waals surface area contributed by atoms with E-state index in [4.69, 9.17) is 0 Å². The minimum atomic E-state index is -1.13. The number of aromatic nitrogens is 2. The number of nitrogens with zero attached hydrogens (tertiary/aromatic N) is 2. The molecule has 1 aromatic carbocycles. The van der Waals surface area contributed by atoms with Gasteiger partial charge >= 0.3 is 0 Å². The van der Waals surface area contributed by atoms with Crippen LogP contribution >= 0.6 is 0 Å². The molecule has 0 spiro atoms. The van der Waals surface area contributed by atoms with Gasteiger partial charge in [-0.1, -0.05) is 19.4 Å². The highest BCUT2D eigenvalue weighted by Crippen LogP contribution is 2.19. The predicted molar refractivity (Wildman–Crippen MR) is 96.7 cm³/mol. The number of imidazole rings is 1. The van der Waals surface area contributed by atoms with E-state index >= 15 is 0 Å². The molecular formula is C19H18F2N4O2. The Labute approximate surface area is 154 Å². The molecule has 2 N–H and O–H groups in total. The molecule has 8 heteroatoms. The minimum Gasteiger partial charge on any atom is -0.351 e. The maximum absolute atomic E-state index is 13.4. The number of unbranched alkanes of at least 4 members (excludes halogenated alkanes) is 1. The van der Waals surface area contributed by atoms with Crippen LogP contribution in [0.2, 0.25) is 0 Å². The molecule has 0 fully saturated rings. The zero-order chi connectivity index (χ0) is 19.4. The van der Waals surface area contributed by atoms with Crippen LogP contribution in [-0.2, 0) is 0 Å². The number of rotatable bonds is 6. The highest BCUT2D eigenvalue weighted by molar-refractivity contribution is 6.08. The van der Waals surface area contributed by atoms with Gasteiger partial charge in [-0.05, 0) is 36.8 Å². The molecule has 2 amide bonds. The molecule has 0 aliphatic carbocycles. The summed E-state index contributed by atoms with van der Waals surface area (Å²) in [7, 11) is 0. The van der Waals surface area contributed by atoms with Crippen LogP contribution in [0.3, 0.4) is 0 Å². The summed E-state index contributed by atoms with van der Waals surface area (Å²) in [5, 5.41) is 5.30. The fourth-order valence-electron chi connectivity index (χ4n) is 2.58. The van der Waals surface area contributed by atoms with Crippen molar-refractivity contribution in [1.82, 2.24) is 14.7 Å². The Kier molecular flexibility index (Phi) is 5.44. The molecule has 0 aliphatic rings. The van der Waals surface area contributed by atoms with E-state index in [9.17, 15) is 18.4 Å². The van der Waals surface area contributed by atoms with Crippen LogP contribution in [0.25, 0.3) is 5.65 Å². The van der Waals surface area contributed by atoms with E-state index in [1.807, 2.05) is 6.92 Å². The topological polar surface area (TPSA) is 75.5 Å². The van der Waals surface area contributed by atoms with Gasteiger partial charge in [0.1, 0.15) is 5.65 Å². The zero-order valence-electron chi connectivity index (χ0n) is 14.6. The molecule has 0 saturated carbocycles. The maximum Gasteiger partial charge on any atom is 0.272 e. The van der Waals surface area contributed by atoms with Crippen molar-refractivity contribution in [3.8, 4) is 0 Å². The second-order valence-electron chi connectivity index (χ2n) is 5.93. The van der Waals surface area contributed by atoms with Crippen molar-refractivity contribution in [1.29, 1.82) is 0 Å². The number of nitrogens with one attached hydrogen (secondary N) is 2. The van der Waals surface area contributed by atoms with Crippen molar-refractivity contribution in [2.45, 2.75) is 19.8 Å². The highest BCUT2D eigenvalue weighted by Gasteiger charge is 2.21. The van der Waals surface area contributed by atoms with Gasteiger partial charge in [0.25, 0.3) is 11.8 Å². The Morgan fingerprint density at radius 1 is 1.11 bits per heavy atom. The molecule has 0 bridgehead atoms. The first kappa shape index (κ1) is 18.5. The number of pyridine rings is 1. The van der Waals surface area contributed by atoms with Crippen molar-refractivity contribution in [2.24, 2.45) is 0 Å².